The van der Waals surface area contributed by atoms with E-state index in [0.29, 0.717) is 29.5 Å². The highest BCUT2D eigenvalue weighted by atomic mass is 32.2. The van der Waals surface area contributed by atoms with Crippen molar-refractivity contribution in [1.82, 2.24) is 9.19 Å². The van der Waals surface area contributed by atoms with Gasteiger partial charge in [0.05, 0.1) is 29.3 Å². The lowest BCUT2D eigenvalue weighted by molar-refractivity contribution is 0.578. The van der Waals surface area contributed by atoms with E-state index in [-0.39, 0.29) is 5.25 Å². The maximum atomic E-state index is 12.1. The molecule has 0 amide bonds. The van der Waals surface area contributed by atoms with Crippen LogP contribution in [-0.2, 0) is 10.0 Å². The first-order chi connectivity index (χ1) is 9.52. The van der Waals surface area contributed by atoms with Gasteiger partial charge in [0.15, 0.2) is 0 Å². The Morgan fingerprint density at radius 3 is 2.80 bits per heavy atom. The molecule has 1 aliphatic carbocycles. The van der Waals surface area contributed by atoms with Gasteiger partial charge in [0.2, 0.25) is 0 Å². The van der Waals surface area contributed by atoms with Gasteiger partial charge in [-0.3, -0.25) is 0 Å². The van der Waals surface area contributed by atoms with E-state index in [0.717, 1.165) is 9.65 Å². The van der Waals surface area contributed by atoms with Crippen molar-refractivity contribution in [3.63, 3.8) is 0 Å². The highest BCUT2D eigenvalue weighted by Gasteiger charge is 2.37. The van der Waals surface area contributed by atoms with Crippen LogP contribution in [0.3, 0.4) is 0 Å². The second-order valence-electron chi connectivity index (χ2n) is 5.01. The van der Waals surface area contributed by atoms with Gasteiger partial charge in [0.1, 0.15) is 0 Å². The molecule has 1 saturated carbocycles. The van der Waals surface area contributed by atoms with Crippen molar-refractivity contribution in [1.29, 1.82) is 5.26 Å². The summed E-state index contributed by atoms with van der Waals surface area (Å²) in [5, 5.41) is 12.8. The molecule has 20 heavy (non-hydrogen) atoms. The van der Waals surface area contributed by atoms with Crippen LogP contribution >= 0.6 is 0 Å². The van der Waals surface area contributed by atoms with Gasteiger partial charge in [-0.15, -0.1) is 0 Å². The zero-order valence-electron chi connectivity index (χ0n) is 10.9. The summed E-state index contributed by atoms with van der Waals surface area (Å²) >= 11 is 0. The van der Waals surface area contributed by atoms with Crippen LogP contribution in [0, 0.1) is 18.3 Å². The van der Waals surface area contributed by atoms with E-state index in [4.69, 9.17) is 5.26 Å². The highest BCUT2D eigenvalue weighted by molar-refractivity contribution is 7.90. The van der Waals surface area contributed by atoms with Crippen LogP contribution in [0.2, 0.25) is 0 Å². The Morgan fingerprint density at radius 1 is 1.40 bits per heavy atom. The fraction of sp³-hybridized carbons (Fsp3) is 0.286. The summed E-state index contributed by atoms with van der Waals surface area (Å²) in [5.41, 5.74) is 2.88. The first-order valence-electron chi connectivity index (χ1n) is 6.32. The van der Waals surface area contributed by atoms with Crippen LogP contribution in [0.5, 0.6) is 0 Å². The fourth-order valence-electron chi connectivity index (χ4n) is 2.10. The Kier molecular flexibility index (Phi) is 2.87. The van der Waals surface area contributed by atoms with Gasteiger partial charge in [-0.1, -0.05) is 11.6 Å². The van der Waals surface area contributed by atoms with E-state index < -0.39 is 10.0 Å². The lowest BCUT2D eigenvalue weighted by Gasteiger charge is -2.03. The van der Waals surface area contributed by atoms with Crippen molar-refractivity contribution in [3.05, 3.63) is 41.7 Å². The summed E-state index contributed by atoms with van der Waals surface area (Å²) in [6.45, 7) is 1.93. The summed E-state index contributed by atoms with van der Waals surface area (Å²) in [4.78, 5) is 0. The van der Waals surface area contributed by atoms with E-state index >= 15 is 0 Å². The second-order valence-corrected chi connectivity index (χ2v) is 7.08. The number of hydrogen-bond donors (Lipinski definition) is 0. The molecule has 0 unspecified atom stereocenters. The van der Waals surface area contributed by atoms with Gasteiger partial charge in [-0.2, -0.15) is 14.4 Å². The number of rotatable bonds is 3. The predicted octanol–water partition coefficient (Wildman–Crippen LogP) is 2.07. The Balaban J connectivity index is 2.07. The minimum atomic E-state index is -3.36. The number of nitrogens with zero attached hydrogens (tertiary/aromatic N) is 3. The maximum Gasteiger partial charge on any atom is 0.256 e. The zero-order valence-corrected chi connectivity index (χ0v) is 11.8. The standard InChI is InChI=1S/C14H13N3O2S/c1-10-2-3-11(7-15)14(6-10)12-8-16-17(9-12)20(18,19)13-4-5-13/h2-3,6,8-9,13H,4-5H2,1H3. The first kappa shape index (κ1) is 12.9. The number of aromatic nitrogens is 2. The molecule has 1 heterocycles. The summed E-state index contributed by atoms with van der Waals surface area (Å²) in [6, 6.07) is 7.57. The number of aryl methyl sites for hydroxylation is 1. The van der Waals surface area contributed by atoms with Crippen molar-refractivity contribution in [2.45, 2.75) is 25.0 Å². The quantitative estimate of drug-likeness (QED) is 0.866. The lowest BCUT2D eigenvalue weighted by atomic mass is 10.0. The van der Waals surface area contributed by atoms with Crippen molar-refractivity contribution in [2.24, 2.45) is 0 Å². The molecular weight excluding hydrogens is 274 g/mol. The topological polar surface area (TPSA) is 75.8 Å². The molecule has 3 rings (SSSR count). The van der Waals surface area contributed by atoms with Gasteiger partial charge in [-0.25, -0.2) is 8.42 Å². The first-order valence-corrected chi connectivity index (χ1v) is 7.83. The molecule has 5 nitrogen and oxygen atoms in total. The van der Waals surface area contributed by atoms with Crippen LogP contribution in [0.25, 0.3) is 11.1 Å². The minimum absolute atomic E-state index is 0.303. The number of nitriles is 1. The molecule has 6 heteroatoms. The second kappa shape index (κ2) is 4.46. The molecule has 102 valence electrons. The van der Waals surface area contributed by atoms with Crippen molar-refractivity contribution >= 4 is 10.0 Å². The molecule has 0 saturated heterocycles. The van der Waals surface area contributed by atoms with Crippen molar-refractivity contribution in [3.8, 4) is 17.2 Å². The molecule has 0 spiro atoms. The maximum absolute atomic E-state index is 12.1. The van der Waals surface area contributed by atoms with Crippen LogP contribution in [0.15, 0.2) is 30.6 Å². The van der Waals surface area contributed by atoms with Gasteiger partial charge in [0.25, 0.3) is 10.0 Å². The molecule has 0 bridgehead atoms. The largest absolute Gasteiger partial charge is 0.256 e. The molecule has 1 fully saturated rings. The average molecular weight is 287 g/mol. The monoisotopic (exact) mass is 287 g/mol. The molecule has 0 N–H and O–H groups in total. The SMILES string of the molecule is Cc1ccc(C#N)c(-c2cnn(S(=O)(=O)C3CC3)c2)c1. The predicted molar refractivity (Wildman–Crippen MR) is 74.5 cm³/mol. The third-order valence-corrected chi connectivity index (χ3v) is 5.41. The molecule has 0 aliphatic heterocycles. The lowest BCUT2D eigenvalue weighted by Crippen LogP contribution is -2.17. The van der Waals surface area contributed by atoms with E-state index in [1.54, 1.807) is 6.07 Å². The van der Waals surface area contributed by atoms with Crippen molar-refractivity contribution in [2.75, 3.05) is 0 Å². The summed E-state index contributed by atoms with van der Waals surface area (Å²) in [7, 11) is -3.36. The minimum Gasteiger partial charge on any atom is -0.204 e. The van der Waals surface area contributed by atoms with E-state index in [2.05, 4.69) is 11.2 Å². The van der Waals surface area contributed by atoms with Gasteiger partial charge < -0.3 is 0 Å². The van der Waals surface area contributed by atoms with E-state index in [1.807, 2.05) is 19.1 Å². The summed E-state index contributed by atoms with van der Waals surface area (Å²) in [5.74, 6) is 0. The van der Waals surface area contributed by atoms with Crippen LogP contribution in [0.4, 0.5) is 0 Å². The van der Waals surface area contributed by atoms with E-state index in [9.17, 15) is 8.42 Å². The summed E-state index contributed by atoms with van der Waals surface area (Å²) in [6.07, 6.45) is 4.38. The third kappa shape index (κ3) is 2.10. The third-order valence-electron chi connectivity index (χ3n) is 3.37. The van der Waals surface area contributed by atoms with Crippen LogP contribution in [0.1, 0.15) is 24.0 Å². The molecule has 1 aromatic heterocycles. The van der Waals surface area contributed by atoms with Crippen LogP contribution in [-0.4, -0.2) is 22.9 Å². The van der Waals surface area contributed by atoms with Gasteiger partial charge >= 0.3 is 0 Å². The molecule has 1 aliphatic rings. The molecular formula is C14H13N3O2S. The zero-order chi connectivity index (χ0) is 14.3. The Morgan fingerprint density at radius 2 is 2.15 bits per heavy atom. The smallest absolute Gasteiger partial charge is 0.204 e. The molecule has 2 aromatic rings. The molecule has 0 radical (unpaired) electrons. The molecule has 0 atom stereocenters. The van der Waals surface area contributed by atoms with E-state index in [1.165, 1.54) is 12.4 Å². The molecule has 1 aromatic carbocycles. The Labute approximate surface area is 117 Å². The van der Waals surface area contributed by atoms with Crippen LogP contribution < -0.4 is 0 Å². The van der Waals surface area contributed by atoms with Gasteiger partial charge in [0, 0.05) is 11.1 Å². The average Bonchev–Trinajstić information content (AvgIpc) is 3.17. The summed E-state index contributed by atoms with van der Waals surface area (Å²) < 4.78 is 25.2. The Hall–Kier alpha value is -2.13. The number of benzene rings is 1. The Bertz CT molecular complexity index is 811. The van der Waals surface area contributed by atoms with Crippen molar-refractivity contribution < 1.29 is 8.42 Å². The fourth-order valence-corrected chi connectivity index (χ4v) is 3.57. The van der Waals surface area contributed by atoms with Gasteiger partial charge in [-0.05, 0) is 31.9 Å². The normalized spacial score (nSPS) is 15.0. The highest BCUT2D eigenvalue weighted by Crippen LogP contribution is 2.31. The number of hydrogen-bond acceptors (Lipinski definition) is 4.